The maximum absolute atomic E-state index is 13.9. The Morgan fingerprint density at radius 2 is 1.71 bits per heavy atom. The standard InChI is InChI=1S/C26H21ClF3N3OS/c1-15-11-12-18(13-16(15)2)23(34)17(3)35-25-32-31-24(19-7-6-8-20(27)14-19)33(25)22-10-5-4-9-21(22)26(28,29)30/h4-14,17H,1-3H3. The van der Waals surface area contributed by atoms with E-state index in [0.29, 0.717) is 16.1 Å². The van der Waals surface area contributed by atoms with Crippen molar-refractivity contribution < 1.29 is 18.0 Å². The van der Waals surface area contributed by atoms with Gasteiger partial charge in [-0.25, -0.2) is 0 Å². The molecule has 4 rings (SSSR count). The first-order chi connectivity index (χ1) is 16.6. The number of aryl methyl sites for hydroxylation is 2. The quantitative estimate of drug-likeness (QED) is 0.196. The van der Waals surface area contributed by atoms with Gasteiger partial charge in [0.2, 0.25) is 0 Å². The van der Waals surface area contributed by atoms with Gasteiger partial charge in [0.15, 0.2) is 16.8 Å². The van der Waals surface area contributed by atoms with Crippen molar-refractivity contribution in [3.63, 3.8) is 0 Å². The summed E-state index contributed by atoms with van der Waals surface area (Å²) in [6, 6.07) is 17.3. The fourth-order valence-corrected chi connectivity index (χ4v) is 4.76. The molecule has 0 spiro atoms. The van der Waals surface area contributed by atoms with Crippen molar-refractivity contribution in [1.29, 1.82) is 0 Å². The van der Waals surface area contributed by atoms with Gasteiger partial charge in [0.05, 0.1) is 16.5 Å². The molecular weight excluding hydrogens is 495 g/mol. The third-order valence-corrected chi connectivity index (χ3v) is 6.89. The number of thioether (sulfide) groups is 1. The lowest BCUT2D eigenvalue weighted by Gasteiger charge is -2.18. The van der Waals surface area contributed by atoms with Crippen LogP contribution < -0.4 is 0 Å². The van der Waals surface area contributed by atoms with E-state index in [-0.39, 0.29) is 22.5 Å². The average molecular weight is 516 g/mol. The minimum atomic E-state index is -4.60. The lowest BCUT2D eigenvalue weighted by Crippen LogP contribution is -2.16. The highest BCUT2D eigenvalue weighted by Crippen LogP contribution is 2.38. The van der Waals surface area contributed by atoms with Crippen LogP contribution in [0.3, 0.4) is 0 Å². The summed E-state index contributed by atoms with van der Waals surface area (Å²) < 4.78 is 43.1. The molecule has 0 saturated heterocycles. The Kier molecular flexibility index (Phi) is 7.05. The lowest BCUT2D eigenvalue weighted by atomic mass is 10.0. The monoisotopic (exact) mass is 515 g/mol. The average Bonchev–Trinajstić information content (AvgIpc) is 3.23. The summed E-state index contributed by atoms with van der Waals surface area (Å²) >= 11 is 7.19. The molecule has 0 aliphatic rings. The molecule has 0 aliphatic carbocycles. The van der Waals surface area contributed by atoms with E-state index in [4.69, 9.17) is 11.6 Å². The smallest absolute Gasteiger partial charge is 0.293 e. The van der Waals surface area contributed by atoms with E-state index in [2.05, 4.69) is 10.2 Å². The van der Waals surface area contributed by atoms with E-state index in [1.54, 1.807) is 37.3 Å². The van der Waals surface area contributed by atoms with Gasteiger partial charge in [-0.15, -0.1) is 10.2 Å². The van der Waals surface area contributed by atoms with Crippen molar-refractivity contribution >= 4 is 29.1 Å². The zero-order valence-corrected chi connectivity index (χ0v) is 20.7. The summed E-state index contributed by atoms with van der Waals surface area (Å²) in [6.07, 6.45) is -4.60. The van der Waals surface area contributed by atoms with Gasteiger partial charge in [0, 0.05) is 16.1 Å². The van der Waals surface area contributed by atoms with Crippen LogP contribution in [0, 0.1) is 13.8 Å². The third-order valence-electron chi connectivity index (χ3n) is 5.61. The van der Waals surface area contributed by atoms with E-state index in [9.17, 15) is 18.0 Å². The van der Waals surface area contributed by atoms with Crippen molar-refractivity contribution in [2.24, 2.45) is 0 Å². The van der Waals surface area contributed by atoms with Crippen LogP contribution in [0.25, 0.3) is 17.1 Å². The van der Waals surface area contributed by atoms with Gasteiger partial charge in [-0.05, 0) is 62.2 Å². The molecule has 0 amide bonds. The number of carbonyl (C=O) groups excluding carboxylic acids is 1. The summed E-state index contributed by atoms with van der Waals surface area (Å²) in [4.78, 5) is 13.1. The van der Waals surface area contributed by atoms with Crippen LogP contribution >= 0.6 is 23.4 Å². The van der Waals surface area contributed by atoms with Gasteiger partial charge in [-0.1, -0.05) is 59.8 Å². The number of ketones is 1. The largest absolute Gasteiger partial charge is 0.418 e. The molecule has 4 nitrogen and oxygen atoms in total. The molecule has 3 aromatic carbocycles. The van der Waals surface area contributed by atoms with E-state index >= 15 is 0 Å². The molecule has 35 heavy (non-hydrogen) atoms. The van der Waals surface area contributed by atoms with Crippen LogP contribution in [0.2, 0.25) is 5.02 Å². The zero-order chi connectivity index (χ0) is 25.3. The Morgan fingerprint density at radius 3 is 2.40 bits per heavy atom. The number of alkyl halides is 3. The highest BCUT2D eigenvalue weighted by Gasteiger charge is 2.35. The van der Waals surface area contributed by atoms with Crippen molar-refractivity contribution in [3.05, 3.63) is 94.0 Å². The maximum Gasteiger partial charge on any atom is 0.418 e. The van der Waals surface area contributed by atoms with Gasteiger partial charge in [0.1, 0.15) is 0 Å². The van der Waals surface area contributed by atoms with Crippen molar-refractivity contribution in [2.45, 2.75) is 37.4 Å². The number of hydrogen-bond acceptors (Lipinski definition) is 4. The topological polar surface area (TPSA) is 47.8 Å². The first-order valence-electron chi connectivity index (χ1n) is 10.7. The number of halogens is 4. The highest BCUT2D eigenvalue weighted by molar-refractivity contribution is 8.00. The summed E-state index contributed by atoms with van der Waals surface area (Å²) in [6.45, 7) is 5.58. The fourth-order valence-electron chi connectivity index (χ4n) is 3.63. The number of para-hydroxylation sites is 1. The number of benzene rings is 3. The number of aromatic nitrogens is 3. The molecule has 180 valence electrons. The normalized spacial score (nSPS) is 12.5. The van der Waals surface area contributed by atoms with Crippen LogP contribution in [0.1, 0.15) is 34.0 Å². The second-order valence-corrected chi connectivity index (χ2v) is 9.83. The van der Waals surface area contributed by atoms with Crippen molar-refractivity contribution in [3.8, 4) is 17.1 Å². The second kappa shape index (κ2) is 9.87. The lowest BCUT2D eigenvalue weighted by molar-refractivity contribution is -0.137. The molecule has 4 aromatic rings. The summed E-state index contributed by atoms with van der Waals surface area (Å²) in [5.74, 6) is 0.0404. The number of nitrogens with zero attached hydrogens (tertiary/aromatic N) is 3. The van der Waals surface area contributed by atoms with Gasteiger partial charge >= 0.3 is 6.18 Å². The molecule has 1 unspecified atom stereocenters. The van der Waals surface area contributed by atoms with Crippen LogP contribution in [-0.2, 0) is 6.18 Å². The van der Waals surface area contributed by atoms with Gasteiger partial charge in [-0.2, -0.15) is 13.2 Å². The Morgan fingerprint density at radius 1 is 0.971 bits per heavy atom. The molecule has 0 radical (unpaired) electrons. The van der Waals surface area contributed by atoms with E-state index in [1.165, 1.54) is 22.8 Å². The Hall–Kier alpha value is -3.10. The summed E-state index contributed by atoms with van der Waals surface area (Å²) in [5.41, 5.74) is 2.12. The Labute approximate surface area is 210 Å². The molecule has 0 fully saturated rings. The highest BCUT2D eigenvalue weighted by atomic mass is 35.5. The summed E-state index contributed by atoms with van der Waals surface area (Å²) in [5, 5.41) is 8.33. The van der Waals surface area contributed by atoms with Crippen LogP contribution in [-0.4, -0.2) is 25.8 Å². The van der Waals surface area contributed by atoms with Crippen LogP contribution in [0.4, 0.5) is 13.2 Å². The SMILES string of the molecule is Cc1ccc(C(=O)C(C)Sc2nnc(-c3cccc(Cl)c3)n2-c2ccccc2C(F)(F)F)cc1C. The van der Waals surface area contributed by atoms with Crippen LogP contribution in [0.15, 0.2) is 71.9 Å². The number of rotatable bonds is 6. The predicted molar refractivity (Wildman–Crippen MR) is 132 cm³/mol. The third kappa shape index (κ3) is 5.28. The predicted octanol–water partition coefficient (Wildman–Crippen LogP) is 7.59. The molecular formula is C26H21ClF3N3OS. The number of Topliss-reactive ketones (excluding diaryl/α,β-unsaturated/α-hetero) is 1. The first kappa shape index (κ1) is 25.0. The fraction of sp³-hybridized carbons (Fsp3) is 0.192. The first-order valence-corrected chi connectivity index (χ1v) is 12.0. The molecule has 0 aliphatic heterocycles. The number of carbonyl (C=O) groups is 1. The van der Waals surface area contributed by atoms with E-state index in [1.807, 2.05) is 26.0 Å². The van der Waals surface area contributed by atoms with Crippen molar-refractivity contribution in [2.75, 3.05) is 0 Å². The molecule has 1 heterocycles. The Bertz CT molecular complexity index is 1400. The van der Waals surface area contributed by atoms with E-state index < -0.39 is 17.0 Å². The van der Waals surface area contributed by atoms with Gasteiger partial charge < -0.3 is 0 Å². The van der Waals surface area contributed by atoms with Crippen molar-refractivity contribution in [1.82, 2.24) is 14.8 Å². The maximum atomic E-state index is 13.9. The van der Waals surface area contributed by atoms with Gasteiger partial charge in [0.25, 0.3) is 0 Å². The molecule has 1 atom stereocenters. The molecule has 0 N–H and O–H groups in total. The zero-order valence-electron chi connectivity index (χ0n) is 19.1. The Balaban J connectivity index is 1.81. The van der Waals surface area contributed by atoms with Gasteiger partial charge in [-0.3, -0.25) is 9.36 Å². The molecule has 1 aromatic heterocycles. The number of hydrogen-bond donors (Lipinski definition) is 0. The van der Waals surface area contributed by atoms with Crippen LogP contribution in [0.5, 0.6) is 0 Å². The molecule has 9 heteroatoms. The second-order valence-electron chi connectivity index (χ2n) is 8.09. The minimum Gasteiger partial charge on any atom is -0.293 e. The molecule has 0 saturated carbocycles. The van der Waals surface area contributed by atoms with E-state index in [0.717, 1.165) is 29.0 Å². The molecule has 0 bridgehead atoms. The minimum absolute atomic E-state index is 0.131. The summed E-state index contributed by atoms with van der Waals surface area (Å²) in [7, 11) is 0.